The molecular formula is C7H16O4. The van der Waals surface area contributed by atoms with E-state index >= 15 is 0 Å². The van der Waals surface area contributed by atoms with Crippen LogP contribution in [0, 0.1) is 0 Å². The second-order valence-electron chi connectivity index (χ2n) is 2.73. The summed E-state index contributed by atoms with van der Waals surface area (Å²) in [4.78, 5) is 0. The number of hydrogen-bond acceptors (Lipinski definition) is 4. The van der Waals surface area contributed by atoms with Gasteiger partial charge in [-0.1, -0.05) is 0 Å². The van der Waals surface area contributed by atoms with Crippen LogP contribution in [-0.4, -0.2) is 45.3 Å². The van der Waals surface area contributed by atoms with Crippen molar-refractivity contribution in [2.45, 2.75) is 38.1 Å². The van der Waals surface area contributed by atoms with Gasteiger partial charge in [-0.3, -0.25) is 0 Å². The van der Waals surface area contributed by atoms with E-state index < -0.39 is 18.3 Å². The minimum absolute atomic E-state index is 0.140. The summed E-state index contributed by atoms with van der Waals surface area (Å²) in [7, 11) is 0. The molecule has 0 aliphatic rings. The first-order chi connectivity index (χ1) is 5.07. The van der Waals surface area contributed by atoms with Crippen molar-refractivity contribution in [3.8, 4) is 0 Å². The molecule has 0 saturated heterocycles. The molecule has 0 heterocycles. The van der Waals surface area contributed by atoms with Crippen LogP contribution in [0.2, 0.25) is 0 Å². The zero-order chi connectivity index (χ0) is 8.85. The van der Waals surface area contributed by atoms with Gasteiger partial charge in [-0.15, -0.1) is 0 Å². The molecular weight excluding hydrogens is 148 g/mol. The summed E-state index contributed by atoms with van der Waals surface area (Å²) in [5, 5.41) is 35.3. The second kappa shape index (κ2) is 5.49. The molecule has 0 rings (SSSR count). The predicted molar refractivity (Wildman–Crippen MR) is 40.0 cm³/mol. The first kappa shape index (κ1) is 10.8. The van der Waals surface area contributed by atoms with Crippen LogP contribution in [0.4, 0.5) is 0 Å². The molecule has 0 amide bonds. The number of aliphatic hydroxyl groups is 4. The minimum Gasteiger partial charge on any atom is -0.396 e. The van der Waals surface area contributed by atoms with Gasteiger partial charge in [0.25, 0.3) is 0 Å². The zero-order valence-electron chi connectivity index (χ0n) is 6.64. The second-order valence-corrected chi connectivity index (χ2v) is 2.73. The minimum atomic E-state index is -0.942. The Kier molecular flexibility index (Phi) is 5.41. The number of rotatable bonds is 5. The van der Waals surface area contributed by atoms with Crippen LogP contribution in [0.3, 0.4) is 0 Å². The van der Waals surface area contributed by atoms with Gasteiger partial charge in [0.15, 0.2) is 0 Å². The Morgan fingerprint density at radius 3 is 2.00 bits per heavy atom. The molecule has 0 fully saturated rings. The van der Waals surface area contributed by atoms with Crippen molar-refractivity contribution in [3.05, 3.63) is 0 Å². The topological polar surface area (TPSA) is 80.9 Å². The molecule has 0 saturated carbocycles. The average Bonchev–Trinajstić information content (AvgIpc) is 1.86. The van der Waals surface area contributed by atoms with Gasteiger partial charge in [-0.05, 0) is 13.3 Å². The highest BCUT2D eigenvalue weighted by Crippen LogP contribution is 2.05. The molecule has 0 radical (unpaired) electrons. The van der Waals surface area contributed by atoms with Crippen LogP contribution >= 0.6 is 0 Å². The third-order valence-corrected chi connectivity index (χ3v) is 1.45. The van der Waals surface area contributed by atoms with Crippen molar-refractivity contribution in [3.63, 3.8) is 0 Å². The van der Waals surface area contributed by atoms with E-state index in [9.17, 15) is 0 Å². The number of aliphatic hydroxyl groups excluding tert-OH is 4. The van der Waals surface area contributed by atoms with E-state index in [0.29, 0.717) is 0 Å². The molecule has 0 aromatic carbocycles. The molecule has 0 aliphatic heterocycles. The van der Waals surface area contributed by atoms with Gasteiger partial charge in [-0.25, -0.2) is 0 Å². The molecule has 2 unspecified atom stereocenters. The maximum absolute atomic E-state index is 9.10. The highest BCUT2D eigenvalue weighted by atomic mass is 16.3. The Hall–Kier alpha value is -0.160. The lowest BCUT2D eigenvalue weighted by atomic mass is 10.1. The van der Waals surface area contributed by atoms with Gasteiger partial charge in [0.05, 0.1) is 18.3 Å². The van der Waals surface area contributed by atoms with E-state index in [4.69, 9.17) is 20.4 Å². The van der Waals surface area contributed by atoms with Gasteiger partial charge >= 0.3 is 0 Å². The lowest BCUT2D eigenvalue weighted by Gasteiger charge is -2.17. The Labute approximate surface area is 66.1 Å². The van der Waals surface area contributed by atoms with Gasteiger partial charge in [-0.2, -0.15) is 0 Å². The fourth-order valence-corrected chi connectivity index (χ4v) is 0.831. The van der Waals surface area contributed by atoms with Crippen molar-refractivity contribution in [2.75, 3.05) is 6.61 Å². The van der Waals surface area contributed by atoms with Crippen molar-refractivity contribution in [2.24, 2.45) is 0 Å². The molecule has 4 N–H and O–H groups in total. The highest BCUT2D eigenvalue weighted by Gasteiger charge is 2.16. The Bertz CT molecular complexity index is 94.4. The van der Waals surface area contributed by atoms with Gasteiger partial charge in [0.2, 0.25) is 0 Å². The van der Waals surface area contributed by atoms with Crippen molar-refractivity contribution in [1.29, 1.82) is 0 Å². The molecule has 0 aliphatic carbocycles. The normalized spacial score (nSPS) is 19.4. The van der Waals surface area contributed by atoms with Crippen LogP contribution in [0.25, 0.3) is 0 Å². The molecule has 0 aromatic heterocycles. The molecule has 0 bridgehead atoms. The fraction of sp³-hybridized carbons (Fsp3) is 1.00. The van der Waals surface area contributed by atoms with Gasteiger partial charge in [0, 0.05) is 13.0 Å². The molecule has 4 heteroatoms. The summed E-state index contributed by atoms with van der Waals surface area (Å²) in [6.07, 6.45) is -2.22. The molecule has 0 aromatic rings. The van der Waals surface area contributed by atoms with Crippen LogP contribution in [0.5, 0.6) is 0 Å². The summed E-state index contributed by atoms with van der Waals surface area (Å²) in [5.74, 6) is 0. The third-order valence-electron chi connectivity index (χ3n) is 1.45. The third kappa shape index (κ3) is 5.15. The first-order valence-corrected chi connectivity index (χ1v) is 3.73. The molecule has 0 spiro atoms. The van der Waals surface area contributed by atoms with E-state index in [-0.39, 0.29) is 19.4 Å². The largest absolute Gasteiger partial charge is 0.396 e. The maximum atomic E-state index is 9.10. The summed E-state index contributed by atoms with van der Waals surface area (Å²) < 4.78 is 0. The van der Waals surface area contributed by atoms with Crippen LogP contribution in [-0.2, 0) is 0 Å². The van der Waals surface area contributed by atoms with Crippen molar-refractivity contribution in [1.82, 2.24) is 0 Å². The summed E-state index contributed by atoms with van der Waals surface area (Å²) in [6.45, 7) is 1.38. The van der Waals surface area contributed by atoms with E-state index in [1.807, 2.05) is 0 Å². The SMILES string of the molecule is CC(O)CC(O)[C@H](O)CCO. The Balaban J connectivity index is 3.54. The average molecular weight is 164 g/mol. The predicted octanol–water partition coefficient (Wildman–Crippen LogP) is -1.14. The number of hydrogen-bond donors (Lipinski definition) is 4. The van der Waals surface area contributed by atoms with Crippen LogP contribution in [0.15, 0.2) is 0 Å². The first-order valence-electron chi connectivity index (χ1n) is 3.73. The summed E-state index contributed by atoms with van der Waals surface area (Å²) in [6, 6.07) is 0. The van der Waals surface area contributed by atoms with E-state index in [0.717, 1.165) is 0 Å². The van der Waals surface area contributed by atoms with Crippen LogP contribution in [0.1, 0.15) is 19.8 Å². The van der Waals surface area contributed by atoms with Crippen molar-refractivity contribution < 1.29 is 20.4 Å². The molecule has 3 atom stereocenters. The highest BCUT2D eigenvalue weighted by molar-refractivity contribution is 4.68. The smallest absolute Gasteiger partial charge is 0.0824 e. The Morgan fingerprint density at radius 1 is 1.09 bits per heavy atom. The molecule has 11 heavy (non-hydrogen) atoms. The van der Waals surface area contributed by atoms with E-state index in [1.165, 1.54) is 6.92 Å². The maximum Gasteiger partial charge on any atom is 0.0824 e. The fourth-order valence-electron chi connectivity index (χ4n) is 0.831. The molecule has 4 nitrogen and oxygen atoms in total. The lowest BCUT2D eigenvalue weighted by molar-refractivity contribution is -0.0188. The quantitative estimate of drug-likeness (QED) is 0.414. The monoisotopic (exact) mass is 164 g/mol. The van der Waals surface area contributed by atoms with Crippen molar-refractivity contribution >= 4 is 0 Å². The van der Waals surface area contributed by atoms with E-state index in [1.54, 1.807) is 0 Å². The lowest BCUT2D eigenvalue weighted by Crippen LogP contribution is -2.29. The zero-order valence-corrected chi connectivity index (χ0v) is 6.64. The Morgan fingerprint density at radius 2 is 1.64 bits per heavy atom. The van der Waals surface area contributed by atoms with E-state index in [2.05, 4.69) is 0 Å². The van der Waals surface area contributed by atoms with Crippen LogP contribution < -0.4 is 0 Å². The van der Waals surface area contributed by atoms with Gasteiger partial charge in [0.1, 0.15) is 0 Å². The standard InChI is InChI=1S/C7H16O4/c1-5(9)4-7(11)6(10)2-3-8/h5-11H,2-4H2,1H3/t5?,6-,7?/m1/s1. The summed E-state index contributed by atoms with van der Waals surface area (Å²) >= 11 is 0. The summed E-state index contributed by atoms with van der Waals surface area (Å²) in [5.41, 5.74) is 0. The van der Waals surface area contributed by atoms with Gasteiger partial charge < -0.3 is 20.4 Å². The molecule has 68 valence electrons.